The summed E-state index contributed by atoms with van der Waals surface area (Å²) in [4.78, 5) is 27.1. The molecular formula is C14H23N3O2S. The maximum Gasteiger partial charge on any atom is 0.226 e. The first kappa shape index (κ1) is 16.8. The summed E-state index contributed by atoms with van der Waals surface area (Å²) in [5, 5.41) is 4.88. The van der Waals surface area contributed by atoms with Gasteiger partial charge >= 0.3 is 0 Å². The molecule has 6 heteroatoms. The van der Waals surface area contributed by atoms with Gasteiger partial charge in [-0.05, 0) is 31.2 Å². The Morgan fingerprint density at radius 3 is 2.60 bits per heavy atom. The molecule has 0 spiro atoms. The van der Waals surface area contributed by atoms with Gasteiger partial charge < -0.3 is 11.1 Å². The number of aromatic nitrogens is 1. The summed E-state index contributed by atoms with van der Waals surface area (Å²) in [6, 6.07) is 0. The van der Waals surface area contributed by atoms with Crippen LogP contribution in [0.3, 0.4) is 0 Å². The molecule has 1 unspecified atom stereocenters. The molecule has 0 aliphatic carbocycles. The number of thiazole rings is 1. The molecule has 0 aromatic carbocycles. The van der Waals surface area contributed by atoms with E-state index < -0.39 is 0 Å². The first-order valence-corrected chi connectivity index (χ1v) is 7.78. The third kappa shape index (κ3) is 5.38. The summed E-state index contributed by atoms with van der Waals surface area (Å²) in [5.74, 6) is 0.840. The lowest BCUT2D eigenvalue weighted by molar-refractivity contribution is -0.116. The quantitative estimate of drug-likeness (QED) is 0.722. The fourth-order valence-electron chi connectivity index (χ4n) is 2.02. The number of anilines is 1. The summed E-state index contributed by atoms with van der Waals surface area (Å²) < 4.78 is 0. The minimum absolute atomic E-state index is 0.0582. The van der Waals surface area contributed by atoms with Gasteiger partial charge in [0.05, 0.1) is 0 Å². The second kappa shape index (κ2) is 8.11. The Morgan fingerprint density at radius 1 is 1.40 bits per heavy atom. The van der Waals surface area contributed by atoms with Crippen molar-refractivity contribution in [1.82, 2.24) is 4.98 Å². The van der Waals surface area contributed by atoms with E-state index in [1.165, 1.54) is 18.3 Å². The van der Waals surface area contributed by atoms with Crippen LogP contribution < -0.4 is 11.1 Å². The van der Waals surface area contributed by atoms with Crippen molar-refractivity contribution in [3.8, 4) is 0 Å². The van der Waals surface area contributed by atoms with E-state index in [9.17, 15) is 9.59 Å². The zero-order chi connectivity index (χ0) is 15.1. The second-order valence-corrected chi connectivity index (χ2v) is 6.12. The van der Waals surface area contributed by atoms with Crippen molar-refractivity contribution in [2.45, 2.75) is 40.0 Å². The highest BCUT2D eigenvalue weighted by molar-refractivity contribution is 7.14. The topological polar surface area (TPSA) is 85.1 Å². The molecule has 1 rings (SSSR count). The zero-order valence-electron chi connectivity index (χ0n) is 12.3. The van der Waals surface area contributed by atoms with Gasteiger partial charge in [-0.1, -0.05) is 13.8 Å². The SMILES string of the molecule is CC(=O)c1csc(NC(=O)CCC(CCN)C(C)C)n1. The maximum atomic E-state index is 11.9. The number of hydrogen-bond acceptors (Lipinski definition) is 5. The van der Waals surface area contributed by atoms with Gasteiger partial charge in [-0.2, -0.15) is 0 Å². The number of rotatable bonds is 8. The Labute approximate surface area is 124 Å². The molecule has 0 fully saturated rings. The molecule has 0 bridgehead atoms. The zero-order valence-corrected chi connectivity index (χ0v) is 13.1. The normalized spacial score (nSPS) is 12.4. The van der Waals surface area contributed by atoms with Gasteiger partial charge in [0, 0.05) is 18.7 Å². The van der Waals surface area contributed by atoms with Crippen LogP contribution in [0, 0.1) is 11.8 Å². The summed E-state index contributed by atoms with van der Waals surface area (Å²) >= 11 is 1.27. The van der Waals surface area contributed by atoms with Crippen LogP contribution in [0.25, 0.3) is 0 Å². The monoisotopic (exact) mass is 297 g/mol. The predicted molar refractivity (Wildman–Crippen MR) is 82.0 cm³/mol. The van der Waals surface area contributed by atoms with Gasteiger partial charge in [0.25, 0.3) is 0 Å². The van der Waals surface area contributed by atoms with Crippen LogP contribution in [-0.2, 0) is 4.79 Å². The van der Waals surface area contributed by atoms with Gasteiger partial charge in [-0.25, -0.2) is 4.98 Å². The highest BCUT2D eigenvalue weighted by Gasteiger charge is 2.15. The van der Waals surface area contributed by atoms with Crippen LogP contribution in [0.2, 0.25) is 0 Å². The van der Waals surface area contributed by atoms with Crippen LogP contribution in [0.15, 0.2) is 5.38 Å². The van der Waals surface area contributed by atoms with Crippen LogP contribution in [0.1, 0.15) is 50.5 Å². The van der Waals surface area contributed by atoms with Crippen LogP contribution in [-0.4, -0.2) is 23.2 Å². The van der Waals surface area contributed by atoms with Crippen LogP contribution in [0.4, 0.5) is 5.13 Å². The highest BCUT2D eigenvalue weighted by Crippen LogP contribution is 2.21. The fourth-order valence-corrected chi connectivity index (χ4v) is 2.78. The van der Waals surface area contributed by atoms with Crippen molar-refractivity contribution >= 4 is 28.2 Å². The van der Waals surface area contributed by atoms with Crippen molar-refractivity contribution in [1.29, 1.82) is 0 Å². The summed E-state index contributed by atoms with van der Waals surface area (Å²) in [5.41, 5.74) is 5.98. The average Bonchev–Trinajstić information content (AvgIpc) is 2.82. The van der Waals surface area contributed by atoms with Gasteiger partial charge in [-0.15, -0.1) is 11.3 Å². The van der Waals surface area contributed by atoms with E-state index in [4.69, 9.17) is 5.73 Å². The lowest BCUT2D eigenvalue weighted by atomic mass is 9.88. The molecule has 20 heavy (non-hydrogen) atoms. The molecule has 3 N–H and O–H groups in total. The number of carbonyl (C=O) groups is 2. The largest absolute Gasteiger partial charge is 0.330 e. The summed E-state index contributed by atoms with van der Waals surface area (Å²) in [6.07, 6.45) is 2.22. The molecule has 0 radical (unpaired) electrons. The Bertz CT molecular complexity index is 457. The molecule has 1 atom stereocenters. The van der Waals surface area contributed by atoms with E-state index in [2.05, 4.69) is 24.1 Å². The highest BCUT2D eigenvalue weighted by atomic mass is 32.1. The number of nitrogens with two attached hydrogens (primary N) is 1. The first-order valence-electron chi connectivity index (χ1n) is 6.90. The first-order chi connectivity index (χ1) is 9.43. The summed E-state index contributed by atoms with van der Waals surface area (Å²) in [6.45, 7) is 6.41. The van der Waals surface area contributed by atoms with Gasteiger partial charge in [-0.3, -0.25) is 9.59 Å². The van der Waals surface area contributed by atoms with E-state index in [-0.39, 0.29) is 11.7 Å². The Kier molecular flexibility index (Phi) is 6.81. The number of nitrogens with one attached hydrogen (secondary N) is 1. The number of ketones is 1. The smallest absolute Gasteiger partial charge is 0.226 e. The maximum absolute atomic E-state index is 11.9. The van der Waals surface area contributed by atoms with Gasteiger partial charge in [0.15, 0.2) is 10.9 Å². The average molecular weight is 297 g/mol. The van der Waals surface area contributed by atoms with Crippen LogP contribution in [0.5, 0.6) is 0 Å². The van der Waals surface area contributed by atoms with Crippen LogP contribution >= 0.6 is 11.3 Å². The molecule has 0 saturated heterocycles. The molecular weight excluding hydrogens is 274 g/mol. The number of carbonyl (C=O) groups excluding carboxylic acids is 2. The standard InChI is InChI=1S/C14H23N3O2S/c1-9(2)11(6-7-15)4-5-13(19)17-14-16-12(8-20-14)10(3)18/h8-9,11H,4-7,15H2,1-3H3,(H,16,17,19). The fraction of sp³-hybridized carbons (Fsp3) is 0.643. The number of nitrogens with zero attached hydrogens (tertiary/aromatic N) is 1. The molecule has 0 saturated carbocycles. The molecule has 1 aromatic rings. The van der Waals surface area contributed by atoms with Crippen molar-refractivity contribution in [2.24, 2.45) is 17.6 Å². The van der Waals surface area contributed by atoms with Crippen molar-refractivity contribution in [3.63, 3.8) is 0 Å². The Morgan fingerprint density at radius 2 is 2.10 bits per heavy atom. The summed E-state index contributed by atoms with van der Waals surface area (Å²) in [7, 11) is 0. The van der Waals surface area contributed by atoms with Crippen molar-refractivity contribution in [3.05, 3.63) is 11.1 Å². The molecule has 1 heterocycles. The second-order valence-electron chi connectivity index (χ2n) is 5.26. The van der Waals surface area contributed by atoms with Gasteiger partial charge in [0.2, 0.25) is 5.91 Å². The number of Topliss-reactive ketones (excluding diaryl/α,β-unsaturated/α-hetero) is 1. The predicted octanol–water partition coefficient (Wildman–Crippen LogP) is 2.69. The number of hydrogen-bond donors (Lipinski definition) is 2. The lowest BCUT2D eigenvalue weighted by Crippen LogP contribution is -2.18. The van der Waals surface area contributed by atoms with E-state index in [1.54, 1.807) is 5.38 Å². The third-order valence-electron chi connectivity index (χ3n) is 3.33. The number of amides is 1. The van der Waals surface area contributed by atoms with Crippen molar-refractivity contribution in [2.75, 3.05) is 11.9 Å². The van der Waals surface area contributed by atoms with Gasteiger partial charge in [0.1, 0.15) is 5.69 Å². The molecule has 1 amide bonds. The van der Waals surface area contributed by atoms with E-state index in [1.807, 2.05) is 0 Å². The van der Waals surface area contributed by atoms with E-state index in [0.29, 0.717) is 35.6 Å². The molecule has 5 nitrogen and oxygen atoms in total. The van der Waals surface area contributed by atoms with Crippen molar-refractivity contribution < 1.29 is 9.59 Å². The van der Waals surface area contributed by atoms with E-state index >= 15 is 0 Å². The minimum Gasteiger partial charge on any atom is -0.330 e. The molecule has 0 aliphatic heterocycles. The minimum atomic E-state index is -0.0930. The molecule has 0 aliphatic rings. The third-order valence-corrected chi connectivity index (χ3v) is 4.09. The molecule has 112 valence electrons. The lowest BCUT2D eigenvalue weighted by Gasteiger charge is -2.19. The van der Waals surface area contributed by atoms with E-state index in [0.717, 1.165) is 12.8 Å². The Hall–Kier alpha value is -1.27. The Balaban J connectivity index is 2.44. The molecule has 1 aromatic heterocycles.